The molecule has 4 rings (SSSR count). The van der Waals surface area contributed by atoms with Gasteiger partial charge in [0.25, 0.3) is 15.9 Å². The first-order chi connectivity index (χ1) is 15.2. The monoisotopic (exact) mass is 468 g/mol. The number of aryl methyl sites for hydroxylation is 1. The van der Waals surface area contributed by atoms with Gasteiger partial charge in [-0.3, -0.25) is 9.10 Å². The minimum absolute atomic E-state index is 0.000377. The lowest BCUT2D eigenvalue weighted by atomic mass is 10.1. The number of hydrogen-bond acceptors (Lipinski definition) is 4. The number of nitrogens with one attached hydrogen (secondary N) is 1. The molecule has 0 aliphatic heterocycles. The highest BCUT2D eigenvalue weighted by atomic mass is 32.2. The first-order valence-electron chi connectivity index (χ1n) is 9.82. The minimum Gasteiger partial charge on any atom is -0.321 e. The Hall–Kier alpha value is -3.23. The summed E-state index contributed by atoms with van der Waals surface area (Å²) < 4.78 is 41.0. The number of carbonyl (C=O) groups is 1. The van der Waals surface area contributed by atoms with Crippen molar-refractivity contribution in [2.45, 2.75) is 18.7 Å². The Balaban J connectivity index is 1.62. The van der Waals surface area contributed by atoms with Crippen molar-refractivity contribution in [2.75, 3.05) is 16.7 Å². The zero-order chi connectivity index (χ0) is 23.0. The lowest BCUT2D eigenvalue weighted by Crippen LogP contribution is -2.26. The summed E-state index contributed by atoms with van der Waals surface area (Å²) in [5.41, 5.74) is 3.31. The first-order valence-corrected chi connectivity index (χ1v) is 12.1. The number of sulfonamides is 1. The van der Waals surface area contributed by atoms with E-state index in [4.69, 9.17) is 0 Å². The lowest BCUT2D eigenvalue weighted by Gasteiger charge is -2.19. The molecule has 0 atom stereocenters. The molecule has 0 aliphatic rings. The number of benzene rings is 3. The molecule has 1 amide bonds. The van der Waals surface area contributed by atoms with E-state index in [0.717, 1.165) is 43.3 Å². The Bertz CT molecular complexity index is 1430. The largest absolute Gasteiger partial charge is 0.321 e. The molecule has 0 fully saturated rings. The second-order valence-corrected chi connectivity index (χ2v) is 10.5. The second-order valence-electron chi connectivity index (χ2n) is 7.46. The summed E-state index contributed by atoms with van der Waals surface area (Å²) >= 11 is 1.34. The van der Waals surface area contributed by atoms with E-state index in [1.165, 1.54) is 30.5 Å². The van der Waals surface area contributed by atoms with Crippen LogP contribution in [0.5, 0.6) is 0 Å². The Morgan fingerprint density at radius 1 is 1.00 bits per heavy atom. The van der Waals surface area contributed by atoms with E-state index >= 15 is 0 Å². The highest BCUT2D eigenvalue weighted by molar-refractivity contribution is 7.92. The number of thiophene rings is 1. The normalized spacial score (nSPS) is 11.5. The number of amides is 1. The van der Waals surface area contributed by atoms with E-state index in [9.17, 15) is 17.6 Å². The van der Waals surface area contributed by atoms with Crippen LogP contribution in [0.2, 0.25) is 0 Å². The highest BCUT2D eigenvalue weighted by Gasteiger charge is 2.22. The maximum absolute atomic E-state index is 13.2. The van der Waals surface area contributed by atoms with Crippen molar-refractivity contribution in [1.82, 2.24) is 0 Å². The molecule has 32 heavy (non-hydrogen) atoms. The number of nitrogens with zero attached hydrogens (tertiary/aromatic N) is 1. The fraction of sp³-hybridized carbons (Fsp3) is 0.125. The van der Waals surface area contributed by atoms with E-state index < -0.39 is 15.8 Å². The summed E-state index contributed by atoms with van der Waals surface area (Å²) in [6.45, 7) is 3.95. The van der Waals surface area contributed by atoms with Crippen molar-refractivity contribution in [2.24, 2.45) is 0 Å². The molecule has 5 nitrogen and oxygen atoms in total. The standard InChI is InChI=1S/C24H21FN2O3S2/c1-15-5-4-6-21(16(15)2)26-24(28)23-14-17-13-19(9-12-22(17)31-23)27(3)32(29,30)20-10-7-18(25)8-11-20/h4-14H,1-3H3,(H,26,28). The van der Waals surface area contributed by atoms with E-state index in [1.54, 1.807) is 24.3 Å². The third kappa shape index (κ3) is 4.11. The molecule has 0 radical (unpaired) electrons. The topological polar surface area (TPSA) is 66.5 Å². The molecule has 0 aliphatic carbocycles. The van der Waals surface area contributed by atoms with Crippen LogP contribution in [0.4, 0.5) is 15.8 Å². The number of anilines is 2. The molecule has 1 heterocycles. The minimum atomic E-state index is -3.85. The average Bonchev–Trinajstić information content (AvgIpc) is 3.20. The average molecular weight is 469 g/mol. The van der Waals surface area contributed by atoms with Crippen molar-refractivity contribution in [3.63, 3.8) is 0 Å². The maximum Gasteiger partial charge on any atom is 0.265 e. The molecule has 4 aromatic rings. The molecule has 0 saturated heterocycles. The smallest absolute Gasteiger partial charge is 0.265 e. The molecule has 3 aromatic carbocycles. The van der Waals surface area contributed by atoms with Crippen molar-refractivity contribution < 1.29 is 17.6 Å². The Morgan fingerprint density at radius 2 is 1.72 bits per heavy atom. The van der Waals surface area contributed by atoms with E-state index in [0.29, 0.717) is 10.6 Å². The molecule has 1 N–H and O–H groups in total. The van der Waals surface area contributed by atoms with Crippen LogP contribution in [0.25, 0.3) is 10.1 Å². The number of fused-ring (bicyclic) bond motifs is 1. The summed E-state index contributed by atoms with van der Waals surface area (Å²) in [5.74, 6) is -0.716. The number of carbonyl (C=O) groups excluding carboxylic acids is 1. The zero-order valence-electron chi connectivity index (χ0n) is 17.7. The SMILES string of the molecule is Cc1cccc(NC(=O)c2cc3cc(N(C)S(=O)(=O)c4ccc(F)cc4)ccc3s2)c1C. The summed E-state index contributed by atoms with van der Waals surface area (Å²) in [6, 6.07) is 17.4. The zero-order valence-corrected chi connectivity index (χ0v) is 19.4. The maximum atomic E-state index is 13.2. The van der Waals surface area contributed by atoms with Crippen LogP contribution in [-0.2, 0) is 10.0 Å². The fourth-order valence-corrected chi connectivity index (χ4v) is 5.44. The van der Waals surface area contributed by atoms with Crippen LogP contribution in [-0.4, -0.2) is 21.4 Å². The van der Waals surface area contributed by atoms with Gasteiger partial charge in [0.05, 0.1) is 15.5 Å². The summed E-state index contributed by atoms with van der Waals surface area (Å²) in [7, 11) is -2.40. The molecular formula is C24H21FN2O3S2. The van der Waals surface area contributed by atoms with Gasteiger partial charge in [-0.15, -0.1) is 11.3 Å². The molecule has 8 heteroatoms. The first kappa shape index (κ1) is 22.0. The Morgan fingerprint density at radius 3 is 2.44 bits per heavy atom. The van der Waals surface area contributed by atoms with Crippen molar-refractivity contribution in [3.05, 3.63) is 88.6 Å². The quantitative estimate of drug-likeness (QED) is 0.406. The van der Waals surface area contributed by atoms with Gasteiger partial charge in [0, 0.05) is 17.4 Å². The van der Waals surface area contributed by atoms with Gasteiger partial charge < -0.3 is 5.32 Å². The third-order valence-corrected chi connectivity index (χ3v) is 8.33. The summed E-state index contributed by atoms with van der Waals surface area (Å²) in [6.07, 6.45) is 0. The molecule has 1 aromatic heterocycles. The van der Waals surface area contributed by atoms with Crippen molar-refractivity contribution in [1.29, 1.82) is 0 Å². The Labute approximate surface area is 190 Å². The molecule has 0 bridgehead atoms. The van der Waals surface area contributed by atoms with Gasteiger partial charge in [-0.05, 0) is 85.0 Å². The van der Waals surface area contributed by atoms with Crippen LogP contribution >= 0.6 is 11.3 Å². The molecule has 0 saturated carbocycles. The van der Waals surface area contributed by atoms with Crippen LogP contribution in [0.15, 0.2) is 71.6 Å². The van der Waals surface area contributed by atoms with Gasteiger partial charge in [0.15, 0.2) is 0 Å². The van der Waals surface area contributed by atoms with Gasteiger partial charge in [-0.2, -0.15) is 0 Å². The van der Waals surface area contributed by atoms with Gasteiger partial charge in [0.2, 0.25) is 0 Å². The lowest BCUT2D eigenvalue weighted by molar-refractivity contribution is 0.103. The van der Waals surface area contributed by atoms with E-state index in [-0.39, 0.29) is 10.8 Å². The predicted molar refractivity (Wildman–Crippen MR) is 128 cm³/mol. The number of halogens is 1. The molecule has 0 spiro atoms. The number of hydrogen-bond donors (Lipinski definition) is 1. The molecule has 0 unspecified atom stereocenters. The van der Waals surface area contributed by atoms with Crippen LogP contribution in [0, 0.1) is 19.7 Å². The van der Waals surface area contributed by atoms with Crippen molar-refractivity contribution >= 4 is 48.7 Å². The van der Waals surface area contributed by atoms with Gasteiger partial charge in [0.1, 0.15) is 5.82 Å². The predicted octanol–water partition coefficient (Wildman–Crippen LogP) is 5.73. The number of rotatable bonds is 5. The second kappa shape index (κ2) is 8.37. The fourth-order valence-electron chi connectivity index (χ4n) is 3.31. The summed E-state index contributed by atoms with van der Waals surface area (Å²) in [5, 5.41) is 3.71. The van der Waals surface area contributed by atoms with Crippen LogP contribution in [0.3, 0.4) is 0 Å². The van der Waals surface area contributed by atoms with Crippen LogP contribution < -0.4 is 9.62 Å². The molecular weight excluding hydrogens is 447 g/mol. The van der Waals surface area contributed by atoms with E-state index in [1.807, 2.05) is 32.0 Å². The summed E-state index contributed by atoms with van der Waals surface area (Å²) in [4.78, 5) is 13.3. The highest BCUT2D eigenvalue weighted by Crippen LogP contribution is 2.32. The Kier molecular flexibility index (Phi) is 5.75. The van der Waals surface area contributed by atoms with Gasteiger partial charge in [-0.1, -0.05) is 12.1 Å². The third-order valence-electron chi connectivity index (χ3n) is 5.41. The van der Waals surface area contributed by atoms with E-state index in [2.05, 4.69) is 5.32 Å². The van der Waals surface area contributed by atoms with Crippen LogP contribution in [0.1, 0.15) is 20.8 Å². The van der Waals surface area contributed by atoms with Gasteiger partial charge >= 0.3 is 0 Å². The molecule has 164 valence electrons. The van der Waals surface area contributed by atoms with Gasteiger partial charge in [-0.25, -0.2) is 12.8 Å². The van der Waals surface area contributed by atoms with Crippen molar-refractivity contribution in [3.8, 4) is 0 Å².